The molecule has 0 aliphatic carbocycles. The number of amides is 1. The number of pyridine rings is 1. The second kappa shape index (κ2) is 8.31. The molecule has 0 atom stereocenters. The minimum absolute atomic E-state index is 0.316. The van der Waals surface area contributed by atoms with Crippen LogP contribution in [0.15, 0.2) is 43.1 Å². The predicted octanol–water partition coefficient (Wildman–Crippen LogP) is 2.03. The van der Waals surface area contributed by atoms with Crippen molar-refractivity contribution in [3.05, 3.63) is 59.7 Å². The molecule has 29 heavy (non-hydrogen) atoms. The Kier molecular flexibility index (Phi) is 5.43. The van der Waals surface area contributed by atoms with Crippen LogP contribution >= 0.6 is 11.6 Å². The molecule has 1 aliphatic heterocycles. The van der Waals surface area contributed by atoms with E-state index in [-0.39, 0.29) is 5.91 Å². The second-order valence-electron chi connectivity index (χ2n) is 6.26. The van der Waals surface area contributed by atoms with Gasteiger partial charge in [-0.05, 0) is 12.1 Å². The smallest absolute Gasteiger partial charge is 0.258 e. The van der Waals surface area contributed by atoms with Crippen molar-refractivity contribution in [1.82, 2.24) is 24.9 Å². The first-order chi connectivity index (χ1) is 14.1. The molecule has 3 aromatic heterocycles. The van der Waals surface area contributed by atoms with Crippen LogP contribution in [0.5, 0.6) is 0 Å². The normalized spacial score (nSPS) is 14.0. The molecular formula is C18H16ClFN8O. The van der Waals surface area contributed by atoms with Crippen molar-refractivity contribution in [3.8, 4) is 0 Å². The Morgan fingerprint density at radius 1 is 0.897 bits per heavy atom. The van der Waals surface area contributed by atoms with Gasteiger partial charge in [0.1, 0.15) is 11.0 Å². The van der Waals surface area contributed by atoms with Gasteiger partial charge in [-0.3, -0.25) is 4.79 Å². The van der Waals surface area contributed by atoms with E-state index in [4.69, 9.17) is 11.6 Å². The third-order valence-electron chi connectivity index (χ3n) is 4.36. The Labute approximate surface area is 170 Å². The Balaban J connectivity index is 1.34. The lowest BCUT2D eigenvalue weighted by Crippen LogP contribution is -2.47. The summed E-state index contributed by atoms with van der Waals surface area (Å²) in [6.45, 7) is 2.74. The lowest BCUT2D eigenvalue weighted by atomic mass is 10.3. The fraction of sp³-hybridized carbons (Fsp3) is 0.222. The third kappa shape index (κ3) is 4.54. The number of hydrogen-bond acceptors (Lipinski definition) is 8. The van der Waals surface area contributed by atoms with Crippen LogP contribution in [0.25, 0.3) is 0 Å². The van der Waals surface area contributed by atoms with E-state index in [1.807, 2.05) is 4.90 Å². The number of aromatic nitrogens is 5. The molecule has 4 rings (SSSR count). The van der Waals surface area contributed by atoms with Gasteiger partial charge in [-0.15, -0.1) is 0 Å². The first kappa shape index (κ1) is 18.9. The molecule has 1 amide bonds. The number of anilines is 3. The maximum atomic E-state index is 13.0. The maximum Gasteiger partial charge on any atom is 0.258 e. The predicted molar refractivity (Wildman–Crippen MR) is 106 cm³/mol. The van der Waals surface area contributed by atoms with Crippen LogP contribution in [-0.4, -0.2) is 57.0 Å². The first-order valence-corrected chi connectivity index (χ1v) is 9.19. The summed E-state index contributed by atoms with van der Waals surface area (Å²) in [5.41, 5.74) is 0.374. The highest BCUT2D eigenvalue weighted by atomic mass is 35.5. The zero-order valence-corrected chi connectivity index (χ0v) is 15.9. The lowest BCUT2D eigenvalue weighted by Gasteiger charge is -2.35. The molecule has 3 aromatic rings. The highest BCUT2D eigenvalue weighted by molar-refractivity contribution is 6.29. The molecule has 148 valence electrons. The van der Waals surface area contributed by atoms with Crippen LogP contribution in [0.2, 0.25) is 5.15 Å². The van der Waals surface area contributed by atoms with Gasteiger partial charge >= 0.3 is 0 Å². The number of nitrogens with one attached hydrogen (secondary N) is 1. The van der Waals surface area contributed by atoms with E-state index in [1.54, 1.807) is 18.3 Å². The Bertz CT molecular complexity index is 976. The quantitative estimate of drug-likeness (QED) is 0.647. The molecule has 1 aliphatic rings. The topological polar surface area (TPSA) is 100 Å². The molecule has 0 aromatic carbocycles. The van der Waals surface area contributed by atoms with Crippen LogP contribution in [0, 0.1) is 5.82 Å². The summed E-state index contributed by atoms with van der Waals surface area (Å²) < 4.78 is 13.0. The summed E-state index contributed by atoms with van der Waals surface area (Å²) in [6.07, 6.45) is 6.83. The Hall–Kier alpha value is -3.40. The summed E-state index contributed by atoms with van der Waals surface area (Å²) in [7, 11) is 0. The Morgan fingerprint density at radius 2 is 1.62 bits per heavy atom. The number of rotatable bonds is 4. The van der Waals surface area contributed by atoms with E-state index in [2.05, 4.69) is 35.1 Å². The molecule has 0 bridgehead atoms. The third-order valence-corrected chi connectivity index (χ3v) is 4.59. The molecule has 0 unspecified atom stereocenters. The van der Waals surface area contributed by atoms with Gasteiger partial charge < -0.3 is 15.1 Å². The highest BCUT2D eigenvalue weighted by Gasteiger charge is 2.20. The van der Waals surface area contributed by atoms with Crippen LogP contribution in [0.3, 0.4) is 0 Å². The van der Waals surface area contributed by atoms with E-state index in [9.17, 15) is 9.18 Å². The van der Waals surface area contributed by atoms with Crippen molar-refractivity contribution < 1.29 is 9.18 Å². The monoisotopic (exact) mass is 414 g/mol. The average Bonchev–Trinajstić information content (AvgIpc) is 2.75. The van der Waals surface area contributed by atoms with E-state index < -0.39 is 5.82 Å². The molecule has 1 saturated heterocycles. The highest BCUT2D eigenvalue weighted by Crippen LogP contribution is 2.17. The summed E-state index contributed by atoms with van der Waals surface area (Å²) in [6, 6.07) is 3.12. The summed E-state index contributed by atoms with van der Waals surface area (Å²) in [5, 5.41) is 2.99. The van der Waals surface area contributed by atoms with Crippen LogP contribution in [0.4, 0.5) is 22.0 Å². The number of carbonyl (C=O) groups is 1. The summed E-state index contributed by atoms with van der Waals surface area (Å²) in [5.74, 6) is 0.751. The van der Waals surface area contributed by atoms with Crippen LogP contribution in [0.1, 0.15) is 10.4 Å². The van der Waals surface area contributed by atoms with Crippen molar-refractivity contribution in [2.45, 2.75) is 0 Å². The van der Waals surface area contributed by atoms with Crippen molar-refractivity contribution in [2.75, 3.05) is 41.3 Å². The fourth-order valence-electron chi connectivity index (χ4n) is 2.85. The van der Waals surface area contributed by atoms with Gasteiger partial charge in [-0.2, -0.15) is 0 Å². The lowest BCUT2D eigenvalue weighted by molar-refractivity contribution is 0.102. The van der Waals surface area contributed by atoms with Crippen molar-refractivity contribution >= 4 is 35.1 Å². The molecule has 11 heteroatoms. The van der Waals surface area contributed by atoms with Crippen molar-refractivity contribution in [1.29, 1.82) is 0 Å². The molecule has 9 nitrogen and oxygen atoms in total. The zero-order chi connectivity index (χ0) is 20.2. The van der Waals surface area contributed by atoms with Crippen LogP contribution in [-0.2, 0) is 0 Å². The molecule has 0 spiro atoms. The van der Waals surface area contributed by atoms with Crippen molar-refractivity contribution in [2.24, 2.45) is 0 Å². The van der Waals surface area contributed by atoms with Gasteiger partial charge in [0, 0.05) is 32.4 Å². The molecule has 1 fully saturated rings. The molecule has 1 N–H and O–H groups in total. The van der Waals surface area contributed by atoms with Gasteiger partial charge in [0.15, 0.2) is 11.6 Å². The number of halogens is 2. The van der Waals surface area contributed by atoms with E-state index in [1.165, 1.54) is 12.4 Å². The number of hydrogen-bond donors (Lipinski definition) is 1. The van der Waals surface area contributed by atoms with Crippen LogP contribution < -0.4 is 15.1 Å². The van der Waals surface area contributed by atoms with Gasteiger partial charge in [-0.1, -0.05) is 11.6 Å². The average molecular weight is 415 g/mol. The van der Waals surface area contributed by atoms with Crippen molar-refractivity contribution in [3.63, 3.8) is 0 Å². The number of piperazine rings is 1. The summed E-state index contributed by atoms with van der Waals surface area (Å²) in [4.78, 5) is 36.8. The minimum atomic E-state index is -0.456. The second-order valence-corrected chi connectivity index (χ2v) is 6.65. The SMILES string of the molecule is O=C(Nc1cnc(N2CCN(c3ncc(F)cn3)CC2)cn1)c1ccc(Cl)nc1. The summed E-state index contributed by atoms with van der Waals surface area (Å²) >= 11 is 5.72. The van der Waals surface area contributed by atoms with Gasteiger partial charge in [0.05, 0.1) is 30.4 Å². The molecule has 0 radical (unpaired) electrons. The number of carbonyl (C=O) groups excluding carboxylic acids is 1. The largest absolute Gasteiger partial charge is 0.352 e. The van der Waals surface area contributed by atoms with Gasteiger partial charge in [0.25, 0.3) is 5.91 Å². The molecular weight excluding hydrogens is 399 g/mol. The standard InChI is InChI=1S/C18H16ClFN8O/c19-14-2-1-12(7-21-14)17(29)26-15-10-23-16(11-22-15)27-3-5-28(6-4-27)18-24-8-13(20)9-25-18/h1-2,7-11H,3-6H2,(H,22,26,29). The first-order valence-electron chi connectivity index (χ1n) is 8.81. The van der Waals surface area contributed by atoms with E-state index in [0.717, 1.165) is 12.4 Å². The van der Waals surface area contributed by atoms with Gasteiger partial charge in [-0.25, -0.2) is 29.3 Å². The fourth-order valence-corrected chi connectivity index (χ4v) is 2.96. The van der Waals surface area contributed by atoms with E-state index >= 15 is 0 Å². The minimum Gasteiger partial charge on any atom is -0.352 e. The van der Waals surface area contributed by atoms with E-state index in [0.29, 0.717) is 54.5 Å². The maximum absolute atomic E-state index is 13.0. The number of nitrogens with zero attached hydrogens (tertiary/aromatic N) is 7. The molecule has 0 saturated carbocycles. The van der Waals surface area contributed by atoms with Gasteiger partial charge in [0.2, 0.25) is 5.95 Å². The Morgan fingerprint density at radius 3 is 2.24 bits per heavy atom. The zero-order valence-electron chi connectivity index (χ0n) is 15.2. The molecule has 4 heterocycles.